The molecule has 0 aliphatic rings. The first-order valence-electron chi connectivity index (χ1n) is 16.2. The fourth-order valence-corrected chi connectivity index (χ4v) is 7.68. The zero-order chi connectivity index (χ0) is 30.9. The van der Waals surface area contributed by atoms with Crippen LogP contribution in [-0.2, 0) is 0 Å². The van der Waals surface area contributed by atoms with Crippen molar-refractivity contribution >= 4 is 65.0 Å². The SMILES string of the molecule is c1cc(-c2ccc3c(c2)oc2ccc4ccccc4c23)cc(-c2c3ccccc3c(-c3ccc4ccccc4c3)c3ccccc23)c1. The Bertz CT molecular complexity index is 2800. The van der Waals surface area contributed by atoms with Crippen LogP contribution in [0.3, 0.4) is 0 Å². The Balaban J connectivity index is 1.17. The van der Waals surface area contributed by atoms with Crippen LogP contribution in [0.1, 0.15) is 0 Å². The van der Waals surface area contributed by atoms with Gasteiger partial charge in [-0.3, -0.25) is 0 Å². The average Bonchev–Trinajstić information content (AvgIpc) is 3.52. The second-order valence-electron chi connectivity index (χ2n) is 12.5. The molecule has 0 N–H and O–H groups in total. The first-order chi connectivity index (χ1) is 23.3. The third-order valence-electron chi connectivity index (χ3n) is 9.82. The van der Waals surface area contributed by atoms with Crippen molar-refractivity contribution in [2.24, 2.45) is 0 Å². The molecule has 0 amide bonds. The van der Waals surface area contributed by atoms with Gasteiger partial charge in [0, 0.05) is 10.8 Å². The standard InChI is InChI=1S/C46H28O/c1-2-12-31-26-35(21-20-29(31)10-1)45-39-18-7-5-16-37(39)44(38-17-6-8-19-40(38)45)34-14-9-13-32(27-34)33-22-24-41-43(28-33)47-42-25-23-30-11-3-4-15-36(30)46(41)42/h1-28H. The second-order valence-corrected chi connectivity index (χ2v) is 12.5. The molecule has 218 valence electrons. The molecule has 0 saturated carbocycles. The van der Waals surface area contributed by atoms with E-state index in [0.717, 1.165) is 22.1 Å². The third kappa shape index (κ3) is 4.03. The lowest BCUT2D eigenvalue weighted by molar-refractivity contribution is 0.669. The Morgan fingerprint density at radius 2 is 0.809 bits per heavy atom. The number of benzene rings is 9. The molecule has 47 heavy (non-hydrogen) atoms. The lowest BCUT2D eigenvalue weighted by Gasteiger charge is -2.18. The highest BCUT2D eigenvalue weighted by molar-refractivity contribution is 6.22. The summed E-state index contributed by atoms with van der Waals surface area (Å²) in [5.74, 6) is 0. The summed E-state index contributed by atoms with van der Waals surface area (Å²) in [6, 6.07) is 61.6. The minimum absolute atomic E-state index is 0.912. The first-order valence-corrected chi connectivity index (χ1v) is 16.2. The largest absolute Gasteiger partial charge is 0.456 e. The number of hydrogen-bond acceptors (Lipinski definition) is 1. The highest BCUT2D eigenvalue weighted by Gasteiger charge is 2.18. The Morgan fingerprint density at radius 3 is 1.53 bits per heavy atom. The molecule has 1 nitrogen and oxygen atoms in total. The Labute approximate surface area is 271 Å². The molecule has 0 spiro atoms. The van der Waals surface area contributed by atoms with Gasteiger partial charge in [0.25, 0.3) is 0 Å². The molecule has 1 heteroatoms. The Hall–Kier alpha value is -6.18. The fourth-order valence-electron chi connectivity index (χ4n) is 7.68. The molecule has 0 aliphatic heterocycles. The third-order valence-corrected chi connectivity index (χ3v) is 9.82. The van der Waals surface area contributed by atoms with Crippen molar-refractivity contribution in [2.45, 2.75) is 0 Å². The monoisotopic (exact) mass is 596 g/mol. The van der Waals surface area contributed by atoms with Crippen LogP contribution in [0.4, 0.5) is 0 Å². The van der Waals surface area contributed by atoms with Gasteiger partial charge in [0.2, 0.25) is 0 Å². The average molecular weight is 597 g/mol. The number of rotatable bonds is 3. The summed E-state index contributed by atoms with van der Waals surface area (Å²) in [6.07, 6.45) is 0. The van der Waals surface area contributed by atoms with Gasteiger partial charge in [0.1, 0.15) is 11.2 Å². The Morgan fingerprint density at radius 1 is 0.277 bits per heavy atom. The molecular formula is C46H28O. The maximum Gasteiger partial charge on any atom is 0.136 e. The van der Waals surface area contributed by atoms with Crippen LogP contribution < -0.4 is 0 Å². The van der Waals surface area contributed by atoms with E-state index in [1.807, 2.05) is 0 Å². The van der Waals surface area contributed by atoms with E-state index in [2.05, 4.69) is 170 Å². The van der Waals surface area contributed by atoms with Crippen molar-refractivity contribution in [3.05, 3.63) is 170 Å². The molecule has 0 fully saturated rings. The van der Waals surface area contributed by atoms with Gasteiger partial charge >= 0.3 is 0 Å². The molecule has 0 bridgehead atoms. The van der Waals surface area contributed by atoms with E-state index >= 15 is 0 Å². The van der Waals surface area contributed by atoms with E-state index in [9.17, 15) is 0 Å². The van der Waals surface area contributed by atoms with Crippen LogP contribution in [0.15, 0.2) is 174 Å². The fraction of sp³-hybridized carbons (Fsp3) is 0. The second kappa shape index (κ2) is 10.2. The van der Waals surface area contributed by atoms with E-state index in [4.69, 9.17) is 4.42 Å². The van der Waals surface area contributed by atoms with Gasteiger partial charge in [0.05, 0.1) is 0 Å². The summed E-state index contributed by atoms with van der Waals surface area (Å²) in [6.45, 7) is 0. The predicted molar refractivity (Wildman–Crippen MR) is 200 cm³/mol. The summed E-state index contributed by atoms with van der Waals surface area (Å²) in [7, 11) is 0. The highest BCUT2D eigenvalue weighted by atomic mass is 16.3. The molecule has 0 aliphatic carbocycles. The van der Waals surface area contributed by atoms with Crippen molar-refractivity contribution in [3.8, 4) is 33.4 Å². The highest BCUT2D eigenvalue weighted by Crippen LogP contribution is 2.45. The summed E-state index contributed by atoms with van der Waals surface area (Å²) in [5.41, 5.74) is 9.14. The lowest BCUT2D eigenvalue weighted by atomic mass is 9.85. The van der Waals surface area contributed by atoms with E-state index in [-0.39, 0.29) is 0 Å². The minimum atomic E-state index is 0.912. The van der Waals surface area contributed by atoms with Gasteiger partial charge < -0.3 is 4.42 Å². The molecule has 10 aromatic rings. The molecular weight excluding hydrogens is 569 g/mol. The van der Waals surface area contributed by atoms with Crippen molar-refractivity contribution in [2.75, 3.05) is 0 Å². The Kier molecular flexibility index (Phi) is 5.64. The van der Waals surface area contributed by atoms with Crippen LogP contribution >= 0.6 is 0 Å². The molecule has 0 atom stereocenters. The van der Waals surface area contributed by atoms with E-state index in [0.29, 0.717) is 0 Å². The molecule has 10 rings (SSSR count). The van der Waals surface area contributed by atoms with Gasteiger partial charge in [-0.1, -0.05) is 140 Å². The van der Waals surface area contributed by atoms with Crippen molar-refractivity contribution in [1.29, 1.82) is 0 Å². The molecule has 0 unspecified atom stereocenters. The normalized spacial score (nSPS) is 11.8. The van der Waals surface area contributed by atoms with Crippen LogP contribution in [0, 0.1) is 0 Å². The quantitative estimate of drug-likeness (QED) is 0.185. The summed E-state index contributed by atoms with van der Waals surface area (Å²) >= 11 is 0. The van der Waals surface area contributed by atoms with Gasteiger partial charge in [-0.05, 0) is 107 Å². The van der Waals surface area contributed by atoms with E-state index in [1.54, 1.807) is 0 Å². The first kappa shape index (κ1) is 26.1. The van der Waals surface area contributed by atoms with Gasteiger partial charge in [0.15, 0.2) is 0 Å². The van der Waals surface area contributed by atoms with Crippen molar-refractivity contribution in [1.82, 2.24) is 0 Å². The van der Waals surface area contributed by atoms with Crippen molar-refractivity contribution < 1.29 is 4.42 Å². The van der Waals surface area contributed by atoms with Crippen LogP contribution in [0.25, 0.3) is 98.4 Å². The summed E-state index contributed by atoms with van der Waals surface area (Å²) in [4.78, 5) is 0. The number of fused-ring (bicyclic) bond motifs is 8. The van der Waals surface area contributed by atoms with Gasteiger partial charge in [-0.2, -0.15) is 0 Å². The van der Waals surface area contributed by atoms with Crippen LogP contribution in [0.2, 0.25) is 0 Å². The smallest absolute Gasteiger partial charge is 0.136 e. The minimum Gasteiger partial charge on any atom is -0.456 e. The molecule has 1 heterocycles. The number of hydrogen-bond donors (Lipinski definition) is 0. The van der Waals surface area contributed by atoms with Crippen molar-refractivity contribution in [3.63, 3.8) is 0 Å². The molecule has 0 saturated heterocycles. The van der Waals surface area contributed by atoms with Crippen LogP contribution in [-0.4, -0.2) is 0 Å². The van der Waals surface area contributed by atoms with Crippen LogP contribution in [0.5, 0.6) is 0 Å². The molecule has 1 aromatic heterocycles. The maximum atomic E-state index is 6.43. The molecule has 9 aromatic carbocycles. The van der Waals surface area contributed by atoms with E-state index in [1.165, 1.54) is 76.3 Å². The van der Waals surface area contributed by atoms with E-state index < -0.39 is 0 Å². The predicted octanol–water partition coefficient (Wildman–Crippen LogP) is 13.2. The zero-order valence-corrected chi connectivity index (χ0v) is 25.6. The van der Waals surface area contributed by atoms with Gasteiger partial charge in [-0.15, -0.1) is 0 Å². The summed E-state index contributed by atoms with van der Waals surface area (Å²) < 4.78 is 6.43. The zero-order valence-electron chi connectivity index (χ0n) is 25.6. The number of furan rings is 1. The van der Waals surface area contributed by atoms with Gasteiger partial charge in [-0.25, -0.2) is 0 Å². The maximum absolute atomic E-state index is 6.43. The molecule has 0 radical (unpaired) electrons. The topological polar surface area (TPSA) is 13.1 Å². The summed E-state index contributed by atoms with van der Waals surface area (Å²) in [5, 5.41) is 12.3. The lowest BCUT2D eigenvalue weighted by Crippen LogP contribution is -1.91.